The van der Waals surface area contributed by atoms with Crippen LogP contribution in [0.1, 0.15) is 21.5 Å². The summed E-state index contributed by atoms with van der Waals surface area (Å²) in [4.78, 5) is 11.9. The minimum atomic E-state index is -0.562. The third-order valence-electron chi connectivity index (χ3n) is 2.92. The van der Waals surface area contributed by atoms with Crippen molar-refractivity contribution in [2.24, 2.45) is 0 Å². The van der Waals surface area contributed by atoms with Crippen molar-refractivity contribution in [2.45, 2.75) is 13.5 Å². The molecule has 0 saturated heterocycles. The normalized spacial score (nSPS) is 10.1. The molecule has 4 nitrogen and oxygen atoms in total. The predicted molar refractivity (Wildman–Crippen MR) is 75.0 cm³/mol. The molecule has 0 amide bonds. The molecule has 0 aliphatic carbocycles. The van der Waals surface area contributed by atoms with Gasteiger partial charge < -0.3 is 14.6 Å². The van der Waals surface area contributed by atoms with E-state index in [1.165, 1.54) is 6.07 Å². The first-order chi connectivity index (χ1) is 9.61. The molecule has 0 spiro atoms. The summed E-state index contributed by atoms with van der Waals surface area (Å²) in [5.74, 6) is 0.0249. The molecule has 104 valence electrons. The molecule has 1 N–H and O–H groups in total. The van der Waals surface area contributed by atoms with Gasteiger partial charge in [-0.15, -0.1) is 0 Å². The lowest BCUT2D eigenvalue weighted by molar-refractivity contribution is 0.0467. The Morgan fingerprint density at radius 1 is 1.20 bits per heavy atom. The lowest BCUT2D eigenvalue weighted by atomic mass is 10.1. The maximum Gasteiger partial charge on any atom is 0.342 e. The number of aryl methyl sites for hydroxylation is 1. The number of ether oxygens (including phenoxy) is 2. The van der Waals surface area contributed by atoms with Gasteiger partial charge in [0.05, 0.1) is 7.11 Å². The zero-order chi connectivity index (χ0) is 14.5. The molecule has 0 bridgehead atoms. The number of para-hydroxylation sites is 1. The third-order valence-corrected chi connectivity index (χ3v) is 2.92. The highest BCUT2D eigenvalue weighted by atomic mass is 16.5. The Bertz CT molecular complexity index is 620. The fourth-order valence-corrected chi connectivity index (χ4v) is 1.86. The number of carbonyl (C=O) groups excluding carboxylic acids is 1. The molecule has 0 aromatic heterocycles. The Morgan fingerprint density at radius 3 is 2.65 bits per heavy atom. The summed E-state index contributed by atoms with van der Waals surface area (Å²) in [7, 11) is 1.56. The van der Waals surface area contributed by atoms with Crippen molar-refractivity contribution in [1.82, 2.24) is 0 Å². The molecule has 0 heterocycles. The van der Waals surface area contributed by atoms with E-state index in [4.69, 9.17) is 9.47 Å². The van der Waals surface area contributed by atoms with Crippen LogP contribution in [0.5, 0.6) is 11.5 Å². The van der Waals surface area contributed by atoms with E-state index in [1.807, 2.05) is 25.1 Å². The minimum absolute atomic E-state index is 0.0740. The van der Waals surface area contributed by atoms with E-state index in [-0.39, 0.29) is 17.9 Å². The topological polar surface area (TPSA) is 55.8 Å². The van der Waals surface area contributed by atoms with Crippen molar-refractivity contribution in [3.63, 3.8) is 0 Å². The summed E-state index contributed by atoms with van der Waals surface area (Å²) in [5, 5.41) is 9.73. The summed E-state index contributed by atoms with van der Waals surface area (Å²) >= 11 is 0. The Kier molecular flexibility index (Phi) is 4.25. The summed E-state index contributed by atoms with van der Waals surface area (Å²) in [6.07, 6.45) is 0. The smallest absolute Gasteiger partial charge is 0.342 e. The van der Waals surface area contributed by atoms with Crippen molar-refractivity contribution in [2.75, 3.05) is 7.11 Å². The first-order valence-electron chi connectivity index (χ1n) is 6.20. The molecule has 0 aliphatic heterocycles. The zero-order valence-electron chi connectivity index (χ0n) is 11.4. The molecule has 2 aromatic carbocycles. The van der Waals surface area contributed by atoms with Gasteiger partial charge in [-0.25, -0.2) is 4.79 Å². The number of phenols is 1. The van der Waals surface area contributed by atoms with Gasteiger partial charge in [0, 0.05) is 5.56 Å². The molecule has 0 aliphatic rings. The monoisotopic (exact) mass is 272 g/mol. The van der Waals surface area contributed by atoms with Crippen LogP contribution in [0.25, 0.3) is 0 Å². The molecule has 0 atom stereocenters. The summed E-state index contributed by atoms with van der Waals surface area (Å²) in [5.41, 5.74) is 1.81. The van der Waals surface area contributed by atoms with Crippen molar-refractivity contribution in [3.05, 3.63) is 59.2 Å². The summed E-state index contributed by atoms with van der Waals surface area (Å²) < 4.78 is 10.4. The average Bonchev–Trinajstić information content (AvgIpc) is 2.45. The van der Waals surface area contributed by atoms with E-state index in [9.17, 15) is 9.90 Å². The first-order valence-corrected chi connectivity index (χ1v) is 6.20. The van der Waals surface area contributed by atoms with E-state index in [2.05, 4.69) is 0 Å². The maximum absolute atomic E-state index is 11.9. The van der Waals surface area contributed by atoms with Crippen LogP contribution in [0.2, 0.25) is 0 Å². The van der Waals surface area contributed by atoms with Crippen LogP contribution < -0.4 is 4.74 Å². The number of rotatable bonds is 4. The molecule has 0 unspecified atom stereocenters. The molecule has 0 radical (unpaired) electrons. The van der Waals surface area contributed by atoms with Crippen molar-refractivity contribution in [1.29, 1.82) is 0 Å². The lowest BCUT2D eigenvalue weighted by Crippen LogP contribution is -2.06. The van der Waals surface area contributed by atoms with Crippen LogP contribution in [0.4, 0.5) is 0 Å². The van der Waals surface area contributed by atoms with Gasteiger partial charge in [-0.2, -0.15) is 0 Å². The Hall–Kier alpha value is -2.49. The number of phenolic OH excluding ortho intramolecular Hbond substituents is 1. The molecule has 4 heteroatoms. The highest BCUT2D eigenvalue weighted by Crippen LogP contribution is 2.22. The Morgan fingerprint density at radius 2 is 1.95 bits per heavy atom. The van der Waals surface area contributed by atoms with Crippen LogP contribution in [0.3, 0.4) is 0 Å². The largest absolute Gasteiger partial charge is 0.507 e. The van der Waals surface area contributed by atoms with Crippen molar-refractivity contribution in [3.8, 4) is 11.5 Å². The van der Waals surface area contributed by atoms with Crippen LogP contribution in [-0.4, -0.2) is 18.2 Å². The Labute approximate surface area is 117 Å². The number of benzene rings is 2. The van der Waals surface area contributed by atoms with Crippen molar-refractivity contribution < 1.29 is 19.4 Å². The second-order valence-electron chi connectivity index (χ2n) is 4.41. The number of hydrogen-bond donors (Lipinski definition) is 1. The zero-order valence-corrected chi connectivity index (χ0v) is 11.4. The maximum atomic E-state index is 11.9. The number of aromatic hydroxyl groups is 1. The van der Waals surface area contributed by atoms with Crippen LogP contribution in [0, 0.1) is 6.92 Å². The number of esters is 1. The highest BCUT2D eigenvalue weighted by molar-refractivity contribution is 5.92. The van der Waals surface area contributed by atoms with E-state index < -0.39 is 5.97 Å². The molecule has 0 fully saturated rings. The summed E-state index contributed by atoms with van der Waals surface area (Å²) in [6.45, 7) is 1.93. The van der Waals surface area contributed by atoms with Crippen LogP contribution in [0.15, 0.2) is 42.5 Å². The average molecular weight is 272 g/mol. The predicted octanol–water partition coefficient (Wildman–Crippen LogP) is 3.07. The van der Waals surface area contributed by atoms with Crippen LogP contribution >= 0.6 is 0 Å². The number of carbonyl (C=O) groups is 1. The number of hydrogen-bond acceptors (Lipinski definition) is 4. The van der Waals surface area contributed by atoms with Crippen molar-refractivity contribution >= 4 is 5.97 Å². The quantitative estimate of drug-likeness (QED) is 0.869. The Balaban J connectivity index is 2.09. The van der Waals surface area contributed by atoms with E-state index in [0.717, 1.165) is 11.1 Å². The van der Waals surface area contributed by atoms with E-state index in [1.54, 1.807) is 25.3 Å². The standard InChI is InChI=1S/C16H16O4/c1-11-7-8-13(14(17)9-11)16(18)20-10-12-5-3-4-6-15(12)19-2/h3-9,17H,10H2,1-2H3. The molecule has 20 heavy (non-hydrogen) atoms. The second-order valence-corrected chi connectivity index (χ2v) is 4.41. The van der Waals surface area contributed by atoms with Gasteiger partial charge in [0.25, 0.3) is 0 Å². The molecule has 2 rings (SSSR count). The molecular weight excluding hydrogens is 256 g/mol. The van der Waals surface area contributed by atoms with Crippen LogP contribution in [-0.2, 0) is 11.3 Å². The highest BCUT2D eigenvalue weighted by Gasteiger charge is 2.13. The van der Waals surface area contributed by atoms with Gasteiger partial charge in [-0.1, -0.05) is 24.3 Å². The van der Waals surface area contributed by atoms with Gasteiger partial charge in [-0.05, 0) is 30.7 Å². The fraction of sp³-hybridized carbons (Fsp3) is 0.188. The molecule has 2 aromatic rings. The fourth-order valence-electron chi connectivity index (χ4n) is 1.86. The van der Waals surface area contributed by atoms with Gasteiger partial charge in [0.15, 0.2) is 0 Å². The third kappa shape index (κ3) is 3.09. The van der Waals surface area contributed by atoms with Gasteiger partial charge in [-0.3, -0.25) is 0 Å². The molecule has 0 saturated carbocycles. The van der Waals surface area contributed by atoms with Gasteiger partial charge in [0.1, 0.15) is 23.7 Å². The van der Waals surface area contributed by atoms with Gasteiger partial charge >= 0.3 is 5.97 Å². The van der Waals surface area contributed by atoms with E-state index in [0.29, 0.717) is 5.75 Å². The second kappa shape index (κ2) is 6.10. The summed E-state index contributed by atoms with van der Waals surface area (Å²) in [6, 6.07) is 12.1. The van der Waals surface area contributed by atoms with Gasteiger partial charge in [0.2, 0.25) is 0 Å². The lowest BCUT2D eigenvalue weighted by Gasteiger charge is -2.10. The first kappa shape index (κ1) is 13.9. The number of methoxy groups -OCH3 is 1. The molecular formula is C16H16O4. The minimum Gasteiger partial charge on any atom is -0.507 e. The SMILES string of the molecule is COc1ccccc1COC(=O)c1ccc(C)cc1O. The van der Waals surface area contributed by atoms with E-state index >= 15 is 0 Å².